The van der Waals surface area contributed by atoms with Gasteiger partial charge in [0.25, 0.3) is 0 Å². The molecule has 0 saturated carbocycles. The quantitative estimate of drug-likeness (QED) is 0.841. The van der Waals surface area contributed by atoms with Crippen LogP contribution in [-0.2, 0) is 0 Å². The second-order valence-corrected chi connectivity index (χ2v) is 4.34. The third-order valence-electron chi connectivity index (χ3n) is 1.72. The third-order valence-corrected chi connectivity index (χ3v) is 3.53. The van der Waals surface area contributed by atoms with Crippen molar-refractivity contribution in [2.45, 2.75) is 6.92 Å². The van der Waals surface area contributed by atoms with Gasteiger partial charge in [0.2, 0.25) is 0 Å². The Kier molecular flexibility index (Phi) is 2.20. The predicted octanol–water partition coefficient (Wildman–Crippen LogP) is 2.56. The van der Waals surface area contributed by atoms with Crippen LogP contribution in [0, 0.1) is 6.92 Å². The molecule has 0 spiro atoms. The normalized spacial score (nSPS) is 10.7. The van der Waals surface area contributed by atoms with Crippen molar-refractivity contribution in [3.8, 4) is 0 Å². The predicted molar refractivity (Wildman–Crippen MR) is 57.2 cm³/mol. The minimum Gasteiger partial charge on any atom is -0.465 e. The van der Waals surface area contributed by atoms with E-state index in [9.17, 15) is 4.79 Å². The maximum absolute atomic E-state index is 10.5. The van der Waals surface area contributed by atoms with Gasteiger partial charge in [0.05, 0.1) is 5.69 Å². The highest BCUT2D eigenvalue weighted by molar-refractivity contribution is 9.10. The largest absolute Gasteiger partial charge is 0.465 e. The molecule has 0 atom stereocenters. The van der Waals surface area contributed by atoms with E-state index in [-0.39, 0.29) is 0 Å². The Labute approximate surface area is 91.5 Å². The Morgan fingerprint density at radius 3 is 3.14 bits per heavy atom. The van der Waals surface area contributed by atoms with Gasteiger partial charge in [-0.1, -0.05) is 0 Å². The number of halogens is 1. The van der Waals surface area contributed by atoms with E-state index in [4.69, 9.17) is 5.11 Å². The molecule has 14 heavy (non-hydrogen) atoms. The fourth-order valence-corrected chi connectivity index (χ4v) is 2.68. The van der Waals surface area contributed by atoms with Crippen LogP contribution in [0.1, 0.15) is 5.69 Å². The van der Waals surface area contributed by atoms with E-state index in [0.717, 1.165) is 9.43 Å². The second kappa shape index (κ2) is 3.25. The third kappa shape index (κ3) is 1.38. The fraction of sp³-hybridized carbons (Fsp3) is 0.143. The number of aromatic nitrogens is 2. The molecule has 2 heterocycles. The van der Waals surface area contributed by atoms with Gasteiger partial charge >= 0.3 is 6.09 Å². The number of thiazole rings is 1. The molecule has 5 nitrogen and oxygen atoms in total. The first-order chi connectivity index (χ1) is 6.59. The molecule has 0 saturated heterocycles. The van der Waals surface area contributed by atoms with Crippen molar-refractivity contribution in [3.05, 3.63) is 15.7 Å². The summed E-state index contributed by atoms with van der Waals surface area (Å²) in [7, 11) is 0. The number of hydrogen-bond acceptors (Lipinski definition) is 3. The molecule has 7 heteroatoms. The number of fused-ring (bicyclic) bond motifs is 1. The first kappa shape index (κ1) is 9.47. The Balaban J connectivity index is 2.62. The molecular weight excluding hydrogens is 270 g/mol. The SMILES string of the molecule is Cc1nn2c(Br)csc2c1NC(=O)O. The minimum absolute atomic E-state index is 0.549. The van der Waals surface area contributed by atoms with Crippen LogP contribution in [-0.4, -0.2) is 20.8 Å². The van der Waals surface area contributed by atoms with Crippen LogP contribution in [0.3, 0.4) is 0 Å². The Morgan fingerprint density at radius 2 is 2.50 bits per heavy atom. The summed E-state index contributed by atoms with van der Waals surface area (Å²) in [6.07, 6.45) is -1.08. The summed E-state index contributed by atoms with van der Waals surface area (Å²) in [4.78, 5) is 11.3. The number of anilines is 1. The topological polar surface area (TPSA) is 66.6 Å². The average Bonchev–Trinajstić information content (AvgIpc) is 2.57. The van der Waals surface area contributed by atoms with Gasteiger partial charge in [0.1, 0.15) is 15.1 Å². The number of carbonyl (C=O) groups is 1. The first-order valence-electron chi connectivity index (χ1n) is 3.72. The maximum atomic E-state index is 10.5. The number of nitrogens with zero attached hydrogens (tertiary/aromatic N) is 2. The number of rotatable bonds is 1. The summed E-state index contributed by atoms with van der Waals surface area (Å²) < 4.78 is 2.48. The molecule has 0 aliphatic heterocycles. The molecule has 74 valence electrons. The van der Waals surface area contributed by atoms with E-state index in [1.807, 2.05) is 5.38 Å². The summed E-state index contributed by atoms with van der Waals surface area (Å²) in [6, 6.07) is 0. The monoisotopic (exact) mass is 275 g/mol. The zero-order valence-electron chi connectivity index (χ0n) is 7.11. The number of nitrogens with one attached hydrogen (secondary N) is 1. The van der Waals surface area contributed by atoms with Crippen LogP contribution in [0.2, 0.25) is 0 Å². The zero-order valence-corrected chi connectivity index (χ0v) is 9.52. The standard InChI is InChI=1S/C7H6BrN3O2S/c1-3-5(9-7(12)13)6-11(10-3)4(8)2-14-6/h2,9H,1H3,(H,12,13). The van der Waals surface area contributed by atoms with Crippen molar-refractivity contribution in [2.24, 2.45) is 0 Å². The lowest BCUT2D eigenvalue weighted by Crippen LogP contribution is -2.07. The molecular formula is C7H6BrN3O2S. The molecule has 2 aromatic heterocycles. The summed E-state index contributed by atoms with van der Waals surface area (Å²) in [5.74, 6) is 0. The van der Waals surface area contributed by atoms with Crippen LogP contribution in [0.25, 0.3) is 4.83 Å². The Bertz CT molecular complexity index is 504. The van der Waals surface area contributed by atoms with Gasteiger partial charge in [0.15, 0.2) is 0 Å². The highest BCUT2D eigenvalue weighted by Gasteiger charge is 2.14. The minimum atomic E-state index is -1.08. The van der Waals surface area contributed by atoms with E-state index in [1.165, 1.54) is 11.3 Å². The van der Waals surface area contributed by atoms with E-state index >= 15 is 0 Å². The molecule has 2 N–H and O–H groups in total. The molecule has 0 aromatic carbocycles. The van der Waals surface area contributed by atoms with Crippen molar-refractivity contribution in [2.75, 3.05) is 5.32 Å². The van der Waals surface area contributed by atoms with Gasteiger partial charge in [-0.2, -0.15) is 5.10 Å². The number of amides is 1. The lowest BCUT2D eigenvalue weighted by Gasteiger charge is -1.95. The Morgan fingerprint density at radius 1 is 1.79 bits per heavy atom. The van der Waals surface area contributed by atoms with Crippen molar-refractivity contribution in [3.63, 3.8) is 0 Å². The van der Waals surface area contributed by atoms with E-state index in [1.54, 1.807) is 11.4 Å². The van der Waals surface area contributed by atoms with Gasteiger partial charge < -0.3 is 5.11 Å². The number of hydrogen-bond donors (Lipinski definition) is 2. The molecule has 0 unspecified atom stereocenters. The summed E-state index contributed by atoms with van der Waals surface area (Å²) in [5.41, 5.74) is 1.22. The van der Waals surface area contributed by atoms with Crippen LogP contribution < -0.4 is 5.32 Å². The average molecular weight is 276 g/mol. The highest BCUT2D eigenvalue weighted by atomic mass is 79.9. The van der Waals surface area contributed by atoms with Crippen molar-refractivity contribution >= 4 is 43.9 Å². The molecule has 2 aromatic rings. The van der Waals surface area contributed by atoms with Crippen LogP contribution >= 0.6 is 27.3 Å². The van der Waals surface area contributed by atoms with E-state index in [2.05, 4.69) is 26.3 Å². The lowest BCUT2D eigenvalue weighted by molar-refractivity contribution is 0.210. The molecule has 0 bridgehead atoms. The second-order valence-electron chi connectivity index (χ2n) is 2.67. The Hall–Kier alpha value is -1.08. The van der Waals surface area contributed by atoms with Crippen molar-refractivity contribution in [1.82, 2.24) is 9.61 Å². The zero-order chi connectivity index (χ0) is 10.3. The maximum Gasteiger partial charge on any atom is 0.409 e. The van der Waals surface area contributed by atoms with Gasteiger partial charge in [-0.25, -0.2) is 9.31 Å². The van der Waals surface area contributed by atoms with E-state index in [0.29, 0.717) is 11.4 Å². The molecule has 1 amide bonds. The highest BCUT2D eigenvalue weighted by Crippen LogP contribution is 2.29. The molecule has 0 radical (unpaired) electrons. The van der Waals surface area contributed by atoms with Gasteiger partial charge in [-0.15, -0.1) is 11.3 Å². The summed E-state index contributed by atoms with van der Waals surface area (Å²) in [6.45, 7) is 1.76. The molecule has 2 rings (SSSR count). The number of aryl methyl sites for hydroxylation is 1. The van der Waals surface area contributed by atoms with Crippen molar-refractivity contribution < 1.29 is 9.90 Å². The van der Waals surface area contributed by atoms with Crippen LogP contribution in [0.4, 0.5) is 10.5 Å². The van der Waals surface area contributed by atoms with Gasteiger partial charge in [-0.3, -0.25) is 5.32 Å². The van der Waals surface area contributed by atoms with Crippen LogP contribution in [0.15, 0.2) is 9.98 Å². The summed E-state index contributed by atoms with van der Waals surface area (Å²) in [5, 5.41) is 17.0. The molecule has 0 aliphatic carbocycles. The smallest absolute Gasteiger partial charge is 0.409 e. The van der Waals surface area contributed by atoms with Gasteiger partial charge in [0, 0.05) is 5.38 Å². The molecule has 0 fully saturated rings. The number of carboxylic acid groups (broad SMARTS) is 1. The van der Waals surface area contributed by atoms with Gasteiger partial charge in [-0.05, 0) is 22.9 Å². The van der Waals surface area contributed by atoms with Crippen LogP contribution in [0.5, 0.6) is 0 Å². The lowest BCUT2D eigenvalue weighted by atomic mass is 10.4. The van der Waals surface area contributed by atoms with E-state index < -0.39 is 6.09 Å². The first-order valence-corrected chi connectivity index (χ1v) is 5.39. The van der Waals surface area contributed by atoms with Crippen molar-refractivity contribution in [1.29, 1.82) is 0 Å². The molecule has 0 aliphatic rings. The fourth-order valence-electron chi connectivity index (χ4n) is 1.16. The summed E-state index contributed by atoms with van der Waals surface area (Å²) >= 11 is 4.75.